The summed E-state index contributed by atoms with van der Waals surface area (Å²) in [4.78, 5) is 2.70. The number of piperazine rings is 1. The standard InChI is InChI=1S/C16H32N2O/c1-5-13-11-17-15(16(2,3)4)12-18(13)9-8-14-7-6-10-19-14/h13-15,17H,5-12H2,1-4H3. The Morgan fingerprint density at radius 2 is 2.11 bits per heavy atom. The fourth-order valence-corrected chi connectivity index (χ4v) is 3.29. The van der Waals surface area contributed by atoms with Crippen molar-refractivity contribution >= 4 is 0 Å². The fourth-order valence-electron chi connectivity index (χ4n) is 3.29. The molecule has 0 aromatic rings. The maximum Gasteiger partial charge on any atom is 0.0588 e. The van der Waals surface area contributed by atoms with E-state index in [1.807, 2.05) is 0 Å². The van der Waals surface area contributed by atoms with Crippen LogP contribution in [0.1, 0.15) is 53.4 Å². The highest BCUT2D eigenvalue weighted by atomic mass is 16.5. The zero-order valence-corrected chi connectivity index (χ0v) is 13.2. The third-order valence-electron chi connectivity index (χ3n) is 4.81. The summed E-state index contributed by atoms with van der Waals surface area (Å²) in [5.74, 6) is 0. The Morgan fingerprint density at radius 1 is 1.32 bits per heavy atom. The normalized spacial score (nSPS) is 33.8. The summed E-state index contributed by atoms with van der Waals surface area (Å²) in [6.07, 6.45) is 5.52. The zero-order valence-electron chi connectivity index (χ0n) is 13.2. The molecule has 0 aliphatic carbocycles. The number of hydrogen-bond acceptors (Lipinski definition) is 3. The number of rotatable bonds is 4. The summed E-state index contributed by atoms with van der Waals surface area (Å²) >= 11 is 0. The average molecular weight is 268 g/mol. The van der Waals surface area contributed by atoms with Crippen LogP contribution in [0, 0.1) is 5.41 Å². The van der Waals surface area contributed by atoms with Gasteiger partial charge in [-0.3, -0.25) is 4.90 Å². The first-order chi connectivity index (χ1) is 9.00. The largest absolute Gasteiger partial charge is 0.378 e. The number of nitrogens with zero attached hydrogens (tertiary/aromatic N) is 1. The van der Waals surface area contributed by atoms with Gasteiger partial charge in [-0.1, -0.05) is 27.7 Å². The Bertz CT molecular complexity index is 268. The summed E-state index contributed by atoms with van der Waals surface area (Å²) < 4.78 is 5.76. The average Bonchev–Trinajstić information content (AvgIpc) is 2.88. The van der Waals surface area contributed by atoms with Gasteiger partial charge in [-0.25, -0.2) is 0 Å². The third kappa shape index (κ3) is 4.17. The van der Waals surface area contributed by atoms with E-state index < -0.39 is 0 Å². The van der Waals surface area contributed by atoms with Crippen LogP contribution in [-0.2, 0) is 4.74 Å². The molecule has 3 nitrogen and oxygen atoms in total. The van der Waals surface area contributed by atoms with Gasteiger partial charge < -0.3 is 10.1 Å². The Morgan fingerprint density at radius 3 is 2.68 bits per heavy atom. The highest BCUT2D eigenvalue weighted by Crippen LogP contribution is 2.25. The van der Waals surface area contributed by atoms with Crippen LogP contribution in [0.5, 0.6) is 0 Å². The molecule has 0 spiro atoms. The number of nitrogens with one attached hydrogen (secondary N) is 1. The third-order valence-corrected chi connectivity index (χ3v) is 4.81. The van der Waals surface area contributed by atoms with Crippen molar-refractivity contribution in [3.05, 3.63) is 0 Å². The molecule has 3 heteroatoms. The molecular weight excluding hydrogens is 236 g/mol. The quantitative estimate of drug-likeness (QED) is 0.848. The van der Waals surface area contributed by atoms with Crippen molar-refractivity contribution in [1.82, 2.24) is 10.2 Å². The van der Waals surface area contributed by atoms with Crippen molar-refractivity contribution in [2.24, 2.45) is 5.41 Å². The van der Waals surface area contributed by atoms with E-state index in [9.17, 15) is 0 Å². The molecule has 2 aliphatic rings. The van der Waals surface area contributed by atoms with Crippen LogP contribution in [0.25, 0.3) is 0 Å². The molecule has 3 unspecified atom stereocenters. The van der Waals surface area contributed by atoms with Crippen LogP contribution < -0.4 is 5.32 Å². The molecule has 2 rings (SSSR count). The van der Waals surface area contributed by atoms with Crippen molar-refractivity contribution in [1.29, 1.82) is 0 Å². The van der Waals surface area contributed by atoms with Gasteiger partial charge in [-0.05, 0) is 31.1 Å². The Kier molecular flexibility index (Phi) is 5.27. The van der Waals surface area contributed by atoms with Gasteiger partial charge in [0.1, 0.15) is 0 Å². The van der Waals surface area contributed by atoms with Crippen molar-refractivity contribution in [2.45, 2.75) is 71.6 Å². The lowest BCUT2D eigenvalue weighted by molar-refractivity contribution is 0.0536. The monoisotopic (exact) mass is 268 g/mol. The van der Waals surface area contributed by atoms with Gasteiger partial charge in [0.05, 0.1) is 6.10 Å². The summed E-state index contributed by atoms with van der Waals surface area (Å²) in [6, 6.07) is 1.32. The van der Waals surface area contributed by atoms with E-state index in [0.717, 1.165) is 13.2 Å². The van der Waals surface area contributed by atoms with E-state index >= 15 is 0 Å². The molecule has 0 aromatic heterocycles. The molecule has 2 heterocycles. The highest BCUT2D eigenvalue weighted by Gasteiger charge is 2.33. The van der Waals surface area contributed by atoms with E-state index in [1.165, 1.54) is 38.8 Å². The lowest BCUT2D eigenvalue weighted by Gasteiger charge is -2.45. The molecule has 2 saturated heterocycles. The van der Waals surface area contributed by atoms with Crippen molar-refractivity contribution in [3.8, 4) is 0 Å². The molecule has 3 atom stereocenters. The maximum atomic E-state index is 5.76. The minimum atomic E-state index is 0.348. The van der Waals surface area contributed by atoms with Crippen molar-refractivity contribution in [3.63, 3.8) is 0 Å². The van der Waals surface area contributed by atoms with Gasteiger partial charge in [0.2, 0.25) is 0 Å². The van der Waals surface area contributed by atoms with Gasteiger partial charge >= 0.3 is 0 Å². The molecule has 2 aliphatic heterocycles. The van der Waals surface area contributed by atoms with Crippen LogP contribution in [0.4, 0.5) is 0 Å². The van der Waals surface area contributed by atoms with Gasteiger partial charge in [0.25, 0.3) is 0 Å². The molecular formula is C16H32N2O. The first-order valence-electron chi connectivity index (χ1n) is 8.09. The number of hydrogen-bond donors (Lipinski definition) is 1. The number of ether oxygens (including phenoxy) is 1. The first kappa shape index (κ1) is 15.3. The molecule has 0 saturated carbocycles. The van der Waals surface area contributed by atoms with Crippen molar-refractivity contribution < 1.29 is 4.74 Å². The minimum Gasteiger partial charge on any atom is -0.378 e. The summed E-state index contributed by atoms with van der Waals surface area (Å²) in [5.41, 5.74) is 0.348. The first-order valence-corrected chi connectivity index (χ1v) is 8.09. The van der Waals surface area contributed by atoms with Gasteiger partial charge in [0, 0.05) is 38.3 Å². The topological polar surface area (TPSA) is 24.5 Å². The Labute approximate surface area is 119 Å². The summed E-state index contributed by atoms with van der Waals surface area (Å²) in [5, 5.41) is 3.75. The molecule has 112 valence electrons. The molecule has 1 N–H and O–H groups in total. The van der Waals surface area contributed by atoms with E-state index in [1.54, 1.807) is 0 Å². The lowest BCUT2D eigenvalue weighted by Crippen LogP contribution is -2.60. The van der Waals surface area contributed by atoms with Gasteiger partial charge in [-0.2, -0.15) is 0 Å². The predicted molar refractivity (Wildman–Crippen MR) is 80.5 cm³/mol. The van der Waals surface area contributed by atoms with Crippen molar-refractivity contribution in [2.75, 3.05) is 26.2 Å². The fraction of sp³-hybridized carbons (Fsp3) is 1.00. The molecule has 0 amide bonds. The van der Waals surface area contributed by atoms with E-state index in [-0.39, 0.29) is 0 Å². The predicted octanol–water partition coefficient (Wildman–Crippen LogP) is 2.65. The van der Waals surface area contributed by atoms with Crippen LogP contribution in [0.3, 0.4) is 0 Å². The molecule has 0 radical (unpaired) electrons. The van der Waals surface area contributed by atoms with Crippen LogP contribution in [0.2, 0.25) is 0 Å². The smallest absolute Gasteiger partial charge is 0.0588 e. The van der Waals surface area contributed by atoms with E-state index in [2.05, 4.69) is 37.9 Å². The Balaban J connectivity index is 1.86. The second-order valence-electron chi connectivity index (χ2n) is 7.31. The SMILES string of the molecule is CCC1CNC(C(C)(C)C)CN1CCC1CCCO1. The second-order valence-corrected chi connectivity index (χ2v) is 7.31. The lowest BCUT2D eigenvalue weighted by atomic mass is 9.84. The molecule has 0 aromatic carbocycles. The summed E-state index contributed by atoms with van der Waals surface area (Å²) in [7, 11) is 0. The second kappa shape index (κ2) is 6.55. The van der Waals surface area contributed by atoms with Gasteiger partial charge in [-0.15, -0.1) is 0 Å². The zero-order chi connectivity index (χ0) is 13.9. The van der Waals surface area contributed by atoms with Crippen LogP contribution in [0.15, 0.2) is 0 Å². The minimum absolute atomic E-state index is 0.348. The molecule has 2 fully saturated rings. The van der Waals surface area contributed by atoms with Gasteiger partial charge in [0.15, 0.2) is 0 Å². The van der Waals surface area contributed by atoms with Crippen LogP contribution >= 0.6 is 0 Å². The molecule has 0 bridgehead atoms. The summed E-state index contributed by atoms with van der Waals surface area (Å²) in [6.45, 7) is 13.9. The van der Waals surface area contributed by atoms with E-state index in [4.69, 9.17) is 4.74 Å². The van der Waals surface area contributed by atoms with Crippen LogP contribution in [-0.4, -0.2) is 49.3 Å². The van der Waals surface area contributed by atoms with E-state index in [0.29, 0.717) is 23.6 Å². The Hall–Kier alpha value is -0.120. The maximum absolute atomic E-state index is 5.76. The molecule has 19 heavy (non-hydrogen) atoms. The highest BCUT2D eigenvalue weighted by molar-refractivity contribution is 4.91.